The number of ether oxygens (including phenoxy) is 1. The van der Waals surface area contributed by atoms with Crippen LogP contribution < -0.4 is 0 Å². The first-order valence-corrected chi connectivity index (χ1v) is 9.29. The van der Waals surface area contributed by atoms with Gasteiger partial charge in [0.2, 0.25) is 0 Å². The van der Waals surface area contributed by atoms with Crippen LogP contribution in [-0.2, 0) is 27.1 Å². The number of carbonyl (C=O) groups is 1. The molecule has 1 heterocycles. The van der Waals surface area contributed by atoms with Crippen molar-refractivity contribution in [3.8, 4) is 0 Å². The molecule has 0 radical (unpaired) electrons. The van der Waals surface area contributed by atoms with Crippen LogP contribution in [0.15, 0.2) is 30.3 Å². The van der Waals surface area contributed by atoms with Gasteiger partial charge >= 0.3 is 5.97 Å². The van der Waals surface area contributed by atoms with Gasteiger partial charge in [0, 0.05) is 13.1 Å². The maximum atomic E-state index is 12.9. The van der Waals surface area contributed by atoms with Crippen LogP contribution in [0.4, 0.5) is 0 Å². The Bertz CT molecular complexity index is 553. The monoisotopic (exact) mass is 337 g/mol. The van der Waals surface area contributed by atoms with Gasteiger partial charge in [-0.2, -0.15) is 0 Å². The van der Waals surface area contributed by atoms with Crippen molar-refractivity contribution >= 4 is 17.0 Å². The van der Waals surface area contributed by atoms with E-state index in [2.05, 4.69) is 0 Å². The Hall–Kier alpha value is -1.20. The highest BCUT2D eigenvalue weighted by Gasteiger charge is 2.32. The lowest BCUT2D eigenvalue weighted by molar-refractivity contribution is -0.159. The van der Waals surface area contributed by atoms with E-state index in [9.17, 15) is 9.00 Å². The molecule has 1 aromatic carbocycles. The molecule has 0 bridgehead atoms. The van der Waals surface area contributed by atoms with E-state index in [0.29, 0.717) is 13.1 Å². The van der Waals surface area contributed by atoms with E-state index in [1.165, 1.54) is 0 Å². The third-order valence-electron chi connectivity index (χ3n) is 3.97. The summed E-state index contributed by atoms with van der Waals surface area (Å²) in [6.07, 6.45) is 1.50. The molecule has 1 saturated heterocycles. The van der Waals surface area contributed by atoms with Crippen molar-refractivity contribution in [2.75, 3.05) is 6.54 Å². The van der Waals surface area contributed by atoms with Crippen molar-refractivity contribution in [3.05, 3.63) is 35.9 Å². The molecule has 3 unspecified atom stereocenters. The standard InChI is InChI=1S/C18H27NO3S/c1-14-10-11-16(22-17(14)20)13-19(23(21)18(2,3)4)12-15-8-6-5-7-9-15/h5-9,14,16H,10-13H2,1-4H3. The maximum absolute atomic E-state index is 12.9. The van der Waals surface area contributed by atoms with E-state index < -0.39 is 11.0 Å². The Labute approximate surface area is 141 Å². The minimum atomic E-state index is -1.16. The van der Waals surface area contributed by atoms with Crippen molar-refractivity contribution in [2.45, 2.75) is 57.9 Å². The summed E-state index contributed by atoms with van der Waals surface area (Å²) in [5.41, 5.74) is 1.11. The van der Waals surface area contributed by atoms with Crippen LogP contribution in [0.5, 0.6) is 0 Å². The van der Waals surface area contributed by atoms with E-state index in [1.807, 2.05) is 62.3 Å². The van der Waals surface area contributed by atoms with Crippen molar-refractivity contribution in [1.82, 2.24) is 4.31 Å². The summed E-state index contributed by atoms with van der Waals surface area (Å²) in [4.78, 5) is 11.8. The van der Waals surface area contributed by atoms with Crippen LogP contribution in [0.3, 0.4) is 0 Å². The fourth-order valence-electron chi connectivity index (χ4n) is 2.61. The quantitative estimate of drug-likeness (QED) is 0.775. The second-order valence-electron chi connectivity index (χ2n) is 7.21. The molecule has 128 valence electrons. The number of hydrogen-bond donors (Lipinski definition) is 0. The van der Waals surface area contributed by atoms with Gasteiger partial charge in [-0.1, -0.05) is 37.3 Å². The molecule has 0 aliphatic carbocycles. The minimum absolute atomic E-state index is 0.0260. The van der Waals surface area contributed by atoms with E-state index >= 15 is 0 Å². The topological polar surface area (TPSA) is 46.6 Å². The van der Waals surface area contributed by atoms with Gasteiger partial charge in [-0.15, -0.1) is 0 Å². The number of cyclic esters (lactones) is 1. The lowest BCUT2D eigenvalue weighted by atomic mass is 9.99. The Kier molecular flexibility index (Phi) is 5.98. The van der Waals surface area contributed by atoms with Gasteiger partial charge in [-0.3, -0.25) is 4.79 Å². The van der Waals surface area contributed by atoms with Gasteiger partial charge in [0.25, 0.3) is 0 Å². The highest BCUT2D eigenvalue weighted by Crippen LogP contribution is 2.24. The predicted molar refractivity (Wildman–Crippen MR) is 93.0 cm³/mol. The lowest BCUT2D eigenvalue weighted by Crippen LogP contribution is -2.44. The number of benzene rings is 1. The number of rotatable bonds is 5. The summed E-state index contributed by atoms with van der Waals surface area (Å²) in [7, 11) is -1.16. The molecule has 0 aromatic heterocycles. The molecule has 4 nitrogen and oxygen atoms in total. The fourth-order valence-corrected chi connectivity index (χ4v) is 3.96. The van der Waals surface area contributed by atoms with E-state index in [0.717, 1.165) is 18.4 Å². The molecule has 1 aliphatic rings. The molecule has 1 aromatic rings. The average molecular weight is 337 g/mol. The Morgan fingerprint density at radius 2 is 1.87 bits per heavy atom. The number of esters is 1. The molecular formula is C18H27NO3S. The smallest absolute Gasteiger partial charge is 0.308 e. The summed E-state index contributed by atoms with van der Waals surface area (Å²) in [6, 6.07) is 9.99. The second kappa shape index (κ2) is 7.58. The van der Waals surface area contributed by atoms with Crippen molar-refractivity contribution < 1.29 is 13.7 Å². The normalized spacial score (nSPS) is 23.6. The molecule has 0 saturated carbocycles. The maximum Gasteiger partial charge on any atom is 0.308 e. The summed E-state index contributed by atoms with van der Waals surface area (Å²) >= 11 is 0. The average Bonchev–Trinajstić information content (AvgIpc) is 2.49. The molecule has 1 aliphatic heterocycles. The Morgan fingerprint density at radius 1 is 1.22 bits per heavy atom. The van der Waals surface area contributed by atoms with E-state index in [4.69, 9.17) is 4.74 Å². The first-order chi connectivity index (χ1) is 10.8. The van der Waals surface area contributed by atoms with Gasteiger partial charge < -0.3 is 4.74 Å². The fraction of sp³-hybridized carbons (Fsp3) is 0.611. The number of carbonyl (C=O) groups excluding carboxylic acids is 1. The van der Waals surface area contributed by atoms with Gasteiger partial charge in [0.15, 0.2) is 0 Å². The van der Waals surface area contributed by atoms with E-state index in [1.54, 1.807) is 0 Å². The first kappa shape index (κ1) is 18.1. The third kappa shape index (κ3) is 5.15. The highest BCUT2D eigenvalue weighted by molar-refractivity contribution is 7.84. The molecule has 3 atom stereocenters. The number of nitrogens with zero attached hydrogens (tertiary/aromatic N) is 1. The minimum Gasteiger partial charge on any atom is -0.461 e. The SMILES string of the molecule is CC1CCC(CN(Cc2ccccc2)S(=O)C(C)(C)C)OC1=O. The molecular weight excluding hydrogens is 310 g/mol. The zero-order valence-corrected chi connectivity index (χ0v) is 15.3. The van der Waals surface area contributed by atoms with Crippen LogP contribution in [-0.4, -0.2) is 31.9 Å². The summed E-state index contributed by atoms with van der Waals surface area (Å²) < 4.78 is 20.0. The summed E-state index contributed by atoms with van der Waals surface area (Å²) in [5.74, 6) is -0.163. The summed E-state index contributed by atoms with van der Waals surface area (Å²) in [6.45, 7) is 8.90. The lowest BCUT2D eigenvalue weighted by Gasteiger charge is -2.33. The van der Waals surface area contributed by atoms with Crippen LogP contribution in [0.2, 0.25) is 0 Å². The van der Waals surface area contributed by atoms with E-state index in [-0.39, 0.29) is 22.7 Å². The molecule has 2 rings (SSSR count). The number of hydrogen-bond acceptors (Lipinski definition) is 3. The second-order valence-corrected chi connectivity index (χ2v) is 9.45. The Balaban J connectivity index is 2.10. The predicted octanol–water partition coefficient (Wildman–Crippen LogP) is 3.29. The zero-order chi connectivity index (χ0) is 17.0. The van der Waals surface area contributed by atoms with Gasteiger partial charge in [0.1, 0.15) is 17.1 Å². The molecule has 23 heavy (non-hydrogen) atoms. The van der Waals surface area contributed by atoms with Crippen LogP contribution in [0.25, 0.3) is 0 Å². The first-order valence-electron chi connectivity index (χ1n) is 8.18. The van der Waals surface area contributed by atoms with Crippen LogP contribution in [0.1, 0.15) is 46.1 Å². The van der Waals surface area contributed by atoms with Crippen molar-refractivity contribution in [2.24, 2.45) is 5.92 Å². The molecule has 0 amide bonds. The summed E-state index contributed by atoms with van der Waals surface area (Å²) in [5, 5.41) is 0. The highest BCUT2D eigenvalue weighted by atomic mass is 32.2. The van der Waals surface area contributed by atoms with Crippen LogP contribution >= 0.6 is 0 Å². The molecule has 1 fully saturated rings. The third-order valence-corrected chi connectivity index (χ3v) is 5.77. The van der Waals surface area contributed by atoms with Crippen molar-refractivity contribution in [3.63, 3.8) is 0 Å². The Morgan fingerprint density at radius 3 is 2.43 bits per heavy atom. The van der Waals surface area contributed by atoms with Crippen LogP contribution in [0, 0.1) is 5.92 Å². The van der Waals surface area contributed by atoms with Gasteiger partial charge in [-0.05, 0) is 39.2 Å². The van der Waals surface area contributed by atoms with Gasteiger partial charge in [0.05, 0.1) is 10.7 Å². The van der Waals surface area contributed by atoms with Gasteiger partial charge in [-0.25, -0.2) is 8.51 Å². The molecule has 0 spiro atoms. The molecule has 5 heteroatoms. The zero-order valence-electron chi connectivity index (χ0n) is 14.5. The largest absolute Gasteiger partial charge is 0.461 e. The molecule has 0 N–H and O–H groups in total. The van der Waals surface area contributed by atoms with Crippen molar-refractivity contribution in [1.29, 1.82) is 0 Å².